The SMILES string of the molecule is CC1(C)C(C(=O)N2CSC[C@H]2C(=O)O)C1(C)C. The Labute approximate surface area is 106 Å². The molecule has 96 valence electrons. The molecular weight excluding hydrogens is 238 g/mol. The number of hydrogen-bond donors (Lipinski definition) is 1. The largest absolute Gasteiger partial charge is 0.480 e. The molecule has 1 N–H and O–H groups in total. The van der Waals surface area contributed by atoms with Gasteiger partial charge in [0.1, 0.15) is 6.04 Å². The predicted molar refractivity (Wildman–Crippen MR) is 66.6 cm³/mol. The molecule has 0 aromatic rings. The molecule has 1 aliphatic carbocycles. The highest BCUT2D eigenvalue weighted by Gasteiger charge is 2.69. The summed E-state index contributed by atoms with van der Waals surface area (Å²) >= 11 is 1.52. The van der Waals surface area contributed by atoms with E-state index in [1.165, 1.54) is 16.7 Å². The van der Waals surface area contributed by atoms with Crippen molar-refractivity contribution < 1.29 is 14.7 Å². The third-order valence-electron chi connectivity index (χ3n) is 4.72. The van der Waals surface area contributed by atoms with Crippen molar-refractivity contribution in [1.82, 2.24) is 4.90 Å². The summed E-state index contributed by atoms with van der Waals surface area (Å²) in [5.74, 6) is 0.0974. The second kappa shape index (κ2) is 3.64. The van der Waals surface area contributed by atoms with Crippen molar-refractivity contribution in [2.45, 2.75) is 33.7 Å². The second-order valence-corrected chi connectivity index (χ2v) is 7.04. The van der Waals surface area contributed by atoms with Crippen LogP contribution in [0.5, 0.6) is 0 Å². The van der Waals surface area contributed by atoms with E-state index < -0.39 is 12.0 Å². The Morgan fingerprint density at radius 3 is 2.18 bits per heavy atom. The van der Waals surface area contributed by atoms with Crippen LogP contribution in [-0.2, 0) is 9.59 Å². The lowest BCUT2D eigenvalue weighted by molar-refractivity contribution is -0.148. The standard InChI is InChI=1S/C12H19NO3S/c1-11(2)8(12(11,3)4)9(14)13-6-17-5-7(13)10(15)16/h7-8H,5-6H2,1-4H3,(H,15,16)/t7-/m0/s1. The van der Waals surface area contributed by atoms with Gasteiger partial charge in [-0.3, -0.25) is 4.79 Å². The van der Waals surface area contributed by atoms with Gasteiger partial charge in [0.15, 0.2) is 0 Å². The lowest BCUT2D eigenvalue weighted by Gasteiger charge is -2.21. The van der Waals surface area contributed by atoms with E-state index in [0.717, 1.165) is 0 Å². The third kappa shape index (κ3) is 1.66. The molecule has 5 heteroatoms. The van der Waals surface area contributed by atoms with Crippen molar-refractivity contribution in [2.24, 2.45) is 16.7 Å². The lowest BCUT2D eigenvalue weighted by atomic mass is 10.0. The highest BCUT2D eigenvalue weighted by Crippen LogP contribution is 2.69. The summed E-state index contributed by atoms with van der Waals surface area (Å²) in [5.41, 5.74) is -0.0548. The Morgan fingerprint density at radius 2 is 1.76 bits per heavy atom. The molecule has 17 heavy (non-hydrogen) atoms. The van der Waals surface area contributed by atoms with Gasteiger partial charge in [-0.1, -0.05) is 27.7 Å². The van der Waals surface area contributed by atoms with E-state index >= 15 is 0 Å². The first-order chi connectivity index (χ1) is 7.71. The van der Waals surface area contributed by atoms with Crippen LogP contribution >= 0.6 is 11.8 Å². The van der Waals surface area contributed by atoms with Crippen molar-refractivity contribution in [3.63, 3.8) is 0 Å². The van der Waals surface area contributed by atoms with Crippen LogP contribution in [0.4, 0.5) is 0 Å². The molecule has 1 amide bonds. The van der Waals surface area contributed by atoms with Crippen LogP contribution in [-0.4, -0.2) is 39.6 Å². The molecule has 0 aromatic carbocycles. The van der Waals surface area contributed by atoms with Crippen LogP contribution in [0, 0.1) is 16.7 Å². The van der Waals surface area contributed by atoms with Crippen molar-refractivity contribution >= 4 is 23.6 Å². The molecule has 1 aliphatic heterocycles. The Hall–Kier alpha value is -0.710. The normalized spacial score (nSPS) is 30.4. The molecule has 0 bridgehead atoms. The lowest BCUT2D eigenvalue weighted by Crippen LogP contribution is -2.43. The van der Waals surface area contributed by atoms with Crippen molar-refractivity contribution in [1.29, 1.82) is 0 Å². The number of rotatable bonds is 2. The maximum absolute atomic E-state index is 12.4. The maximum Gasteiger partial charge on any atom is 0.327 e. The van der Waals surface area contributed by atoms with E-state index in [0.29, 0.717) is 11.6 Å². The Kier molecular flexibility index (Phi) is 2.73. The summed E-state index contributed by atoms with van der Waals surface area (Å²) in [6.45, 7) is 8.31. The van der Waals surface area contributed by atoms with Crippen LogP contribution in [0.15, 0.2) is 0 Å². The summed E-state index contributed by atoms with van der Waals surface area (Å²) in [6, 6.07) is -0.639. The molecule has 0 aromatic heterocycles. The van der Waals surface area contributed by atoms with E-state index in [2.05, 4.69) is 27.7 Å². The molecule has 1 saturated carbocycles. The van der Waals surface area contributed by atoms with Gasteiger partial charge in [-0.15, -0.1) is 11.8 Å². The van der Waals surface area contributed by atoms with Crippen molar-refractivity contribution in [3.05, 3.63) is 0 Å². The van der Waals surface area contributed by atoms with Gasteiger partial charge in [0.2, 0.25) is 5.91 Å². The Bertz CT molecular complexity index is 364. The fourth-order valence-corrected chi connectivity index (χ4v) is 4.00. The highest BCUT2D eigenvalue weighted by molar-refractivity contribution is 7.99. The second-order valence-electron chi connectivity index (χ2n) is 6.04. The number of carbonyl (C=O) groups is 2. The van der Waals surface area contributed by atoms with E-state index in [4.69, 9.17) is 5.11 Å². The Balaban J connectivity index is 2.15. The van der Waals surface area contributed by atoms with E-state index in [1.807, 2.05) is 0 Å². The quantitative estimate of drug-likeness (QED) is 0.817. The van der Waals surface area contributed by atoms with Crippen molar-refractivity contribution in [2.75, 3.05) is 11.6 Å². The number of carbonyl (C=O) groups excluding carboxylic acids is 1. The fraction of sp³-hybridized carbons (Fsp3) is 0.833. The first-order valence-electron chi connectivity index (χ1n) is 5.82. The van der Waals surface area contributed by atoms with Crippen LogP contribution in [0.25, 0.3) is 0 Å². The summed E-state index contributed by atoms with van der Waals surface area (Å²) in [7, 11) is 0. The van der Waals surface area contributed by atoms with Crippen LogP contribution in [0.2, 0.25) is 0 Å². The predicted octanol–water partition coefficient (Wildman–Crippen LogP) is 1.65. The topological polar surface area (TPSA) is 57.6 Å². The number of nitrogens with zero attached hydrogens (tertiary/aromatic N) is 1. The van der Waals surface area contributed by atoms with Crippen LogP contribution < -0.4 is 0 Å². The van der Waals surface area contributed by atoms with E-state index in [9.17, 15) is 9.59 Å². The summed E-state index contributed by atoms with van der Waals surface area (Å²) in [4.78, 5) is 25.0. The monoisotopic (exact) mass is 257 g/mol. The minimum Gasteiger partial charge on any atom is -0.480 e. The van der Waals surface area contributed by atoms with Crippen LogP contribution in [0.3, 0.4) is 0 Å². The summed E-state index contributed by atoms with van der Waals surface area (Å²) in [5, 5.41) is 9.09. The smallest absolute Gasteiger partial charge is 0.327 e. The summed E-state index contributed by atoms with van der Waals surface area (Å²) in [6.07, 6.45) is 0. The van der Waals surface area contributed by atoms with Gasteiger partial charge in [0.25, 0.3) is 0 Å². The first-order valence-corrected chi connectivity index (χ1v) is 6.97. The molecule has 2 fully saturated rings. The number of carboxylic acid groups (broad SMARTS) is 1. The van der Waals surface area contributed by atoms with E-state index in [-0.39, 0.29) is 22.7 Å². The molecule has 2 aliphatic rings. The molecule has 0 radical (unpaired) electrons. The molecule has 0 unspecified atom stereocenters. The van der Waals surface area contributed by atoms with Gasteiger partial charge in [-0.2, -0.15) is 0 Å². The van der Waals surface area contributed by atoms with Gasteiger partial charge >= 0.3 is 5.97 Å². The third-order valence-corrected chi connectivity index (χ3v) is 5.73. The van der Waals surface area contributed by atoms with E-state index in [1.54, 1.807) is 0 Å². The minimum absolute atomic E-state index is 0.0115. The number of carboxylic acids is 1. The van der Waals surface area contributed by atoms with Gasteiger partial charge in [0.05, 0.1) is 5.88 Å². The van der Waals surface area contributed by atoms with Gasteiger partial charge in [-0.25, -0.2) is 4.79 Å². The Morgan fingerprint density at radius 1 is 1.24 bits per heavy atom. The average Bonchev–Trinajstić information content (AvgIpc) is 2.55. The molecular formula is C12H19NO3S. The minimum atomic E-state index is -0.889. The molecule has 1 atom stereocenters. The van der Waals surface area contributed by atoms with Crippen molar-refractivity contribution in [3.8, 4) is 0 Å². The first kappa shape index (κ1) is 12.7. The molecule has 2 rings (SSSR count). The molecule has 1 heterocycles. The number of hydrogen-bond acceptors (Lipinski definition) is 3. The zero-order valence-electron chi connectivity index (χ0n) is 10.7. The zero-order valence-corrected chi connectivity index (χ0v) is 11.5. The molecule has 4 nitrogen and oxygen atoms in total. The summed E-state index contributed by atoms with van der Waals surface area (Å²) < 4.78 is 0. The number of aliphatic carboxylic acids is 1. The fourth-order valence-electron chi connectivity index (χ4n) is 2.84. The highest BCUT2D eigenvalue weighted by atomic mass is 32.2. The number of amides is 1. The average molecular weight is 257 g/mol. The van der Waals surface area contributed by atoms with Gasteiger partial charge in [-0.05, 0) is 10.8 Å². The maximum atomic E-state index is 12.4. The van der Waals surface area contributed by atoms with Gasteiger partial charge in [0, 0.05) is 11.7 Å². The van der Waals surface area contributed by atoms with Crippen LogP contribution in [0.1, 0.15) is 27.7 Å². The molecule has 1 saturated heterocycles. The number of thioether (sulfide) groups is 1. The zero-order chi connectivity index (χ0) is 13.0. The molecule has 0 spiro atoms. The van der Waals surface area contributed by atoms with Gasteiger partial charge < -0.3 is 10.0 Å².